The fourth-order valence-corrected chi connectivity index (χ4v) is 3.17. The number of rotatable bonds is 5. The molecule has 0 aliphatic carbocycles. The van der Waals surface area contributed by atoms with E-state index >= 15 is 0 Å². The number of methoxy groups -OCH3 is 1. The Labute approximate surface area is 151 Å². The summed E-state index contributed by atoms with van der Waals surface area (Å²) in [6, 6.07) is 7.60. The van der Waals surface area contributed by atoms with Crippen molar-refractivity contribution in [3.8, 4) is 11.6 Å². The maximum absolute atomic E-state index is 11.6. The zero-order chi connectivity index (χ0) is 18.9. The SMILES string of the molecule is COc1c2c(nc3ccccc13)O[C@H]([C@@](C)(COC(C)=O)OC(C)=O)C2. The number of ether oxygens (including phenoxy) is 4. The quantitative estimate of drug-likeness (QED) is 0.758. The summed E-state index contributed by atoms with van der Waals surface area (Å²) in [4.78, 5) is 27.4. The third-order valence-corrected chi connectivity index (χ3v) is 4.37. The summed E-state index contributed by atoms with van der Waals surface area (Å²) in [5.41, 5.74) is 0.408. The Hall–Kier alpha value is -2.83. The van der Waals surface area contributed by atoms with Crippen LogP contribution in [0.2, 0.25) is 0 Å². The van der Waals surface area contributed by atoms with Crippen molar-refractivity contribution in [2.75, 3.05) is 13.7 Å². The zero-order valence-electron chi connectivity index (χ0n) is 15.2. The number of para-hydroxylation sites is 1. The second kappa shape index (κ2) is 6.82. The van der Waals surface area contributed by atoms with E-state index in [-0.39, 0.29) is 6.61 Å². The molecule has 1 aromatic heterocycles. The van der Waals surface area contributed by atoms with Gasteiger partial charge >= 0.3 is 11.9 Å². The molecule has 7 heteroatoms. The van der Waals surface area contributed by atoms with Crippen LogP contribution in [-0.4, -0.2) is 42.3 Å². The summed E-state index contributed by atoms with van der Waals surface area (Å²) in [5.74, 6) is 0.183. The van der Waals surface area contributed by atoms with Crippen LogP contribution >= 0.6 is 0 Å². The molecular weight excluding hydrogens is 338 g/mol. The fraction of sp³-hybridized carbons (Fsp3) is 0.421. The summed E-state index contributed by atoms with van der Waals surface area (Å²) in [6.07, 6.45) is -0.138. The largest absolute Gasteiger partial charge is 0.496 e. The second-order valence-electron chi connectivity index (χ2n) is 6.44. The van der Waals surface area contributed by atoms with Gasteiger partial charge in [0.2, 0.25) is 5.88 Å². The van der Waals surface area contributed by atoms with Crippen LogP contribution in [0.5, 0.6) is 11.6 Å². The molecule has 0 unspecified atom stereocenters. The van der Waals surface area contributed by atoms with Gasteiger partial charge in [0.05, 0.1) is 18.2 Å². The monoisotopic (exact) mass is 359 g/mol. The summed E-state index contributed by atoms with van der Waals surface area (Å²) in [6.45, 7) is 4.18. The predicted octanol–water partition coefficient (Wildman–Crippen LogP) is 2.43. The van der Waals surface area contributed by atoms with E-state index < -0.39 is 23.6 Å². The Morgan fingerprint density at radius 2 is 2.00 bits per heavy atom. The summed E-state index contributed by atoms with van der Waals surface area (Å²) >= 11 is 0. The van der Waals surface area contributed by atoms with Crippen molar-refractivity contribution in [1.82, 2.24) is 4.98 Å². The smallest absolute Gasteiger partial charge is 0.303 e. The van der Waals surface area contributed by atoms with Crippen molar-refractivity contribution >= 4 is 22.8 Å². The number of benzene rings is 1. The van der Waals surface area contributed by atoms with Crippen LogP contribution in [0.15, 0.2) is 24.3 Å². The third-order valence-electron chi connectivity index (χ3n) is 4.37. The van der Waals surface area contributed by atoms with Crippen molar-refractivity contribution in [3.05, 3.63) is 29.8 Å². The molecule has 2 aromatic rings. The van der Waals surface area contributed by atoms with E-state index in [1.54, 1.807) is 14.0 Å². The molecule has 138 valence electrons. The highest BCUT2D eigenvalue weighted by Crippen LogP contribution is 2.42. The maximum Gasteiger partial charge on any atom is 0.303 e. The Kier molecular flexibility index (Phi) is 4.71. The van der Waals surface area contributed by atoms with Gasteiger partial charge in [-0.25, -0.2) is 4.98 Å². The first-order chi connectivity index (χ1) is 12.3. The van der Waals surface area contributed by atoms with Crippen molar-refractivity contribution in [2.24, 2.45) is 0 Å². The van der Waals surface area contributed by atoms with E-state index in [1.807, 2.05) is 24.3 Å². The Bertz CT molecular complexity index is 864. The fourth-order valence-electron chi connectivity index (χ4n) is 3.17. The molecule has 7 nitrogen and oxygen atoms in total. The number of hydrogen-bond donors (Lipinski definition) is 0. The van der Waals surface area contributed by atoms with E-state index in [9.17, 15) is 9.59 Å². The molecule has 0 bridgehead atoms. The van der Waals surface area contributed by atoms with Gasteiger partial charge in [-0.05, 0) is 19.1 Å². The van der Waals surface area contributed by atoms with Crippen molar-refractivity contribution < 1.29 is 28.5 Å². The molecule has 1 aliphatic rings. The van der Waals surface area contributed by atoms with Gasteiger partial charge in [-0.3, -0.25) is 9.59 Å². The van der Waals surface area contributed by atoms with Crippen LogP contribution in [0.3, 0.4) is 0 Å². The summed E-state index contributed by atoms with van der Waals surface area (Å²) in [5, 5.41) is 0.882. The van der Waals surface area contributed by atoms with Gasteiger partial charge in [-0.2, -0.15) is 0 Å². The number of carbonyl (C=O) groups is 2. The highest BCUT2D eigenvalue weighted by molar-refractivity contribution is 5.87. The molecule has 0 fully saturated rings. The first-order valence-corrected chi connectivity index (χ1v) is 8.29. The molecule has 0 saturated heterocycles. The average molecular weight is 359 g/mol. The van der Waals surface area contributed by atoms with Gasteiger partial charge < -0.3 is 18.9 Å². The molecule has 3 rings (SSSR count). The number of fused-ring (bicyclic) bond motifs is 2. The van der Waals surface area contributed by atoms with E-state index in [1.165, 1.54) is 13.8 Å². The molecule has 0 amide bonds. The lowest BCUT2D eigenvalue weighted by Crippen LogP contribution is -2.50. The zero-order valence-corrected chi connectivity index (χ0v) is 15.2. The second-order valence-corrected chi connectivity index (χ2v) is 6.44. The minimum Gasteiger partial charge on any atom is -0.496 e. The molecule has 0 radical (unpaired) electrons. The maximum atomic E-state index is 11.6. The molecule has 2 heterocycles. The van der Waals surface area contributed by atoms with E-state index in [2.05, 4.69) is 4.98 Å². The molecule has 1 aromatic carbocycles. The topological polar surface area (TPSA) is 83.9 Å². The lowest BCUT2D eigenvalue weighted by molar-refractivity contribution is -0.179. The van der Waals surface area contributed by atoms with Crippen molar-refractivity contribution in [2.45, 2.75) is 38.9 Å². The van der Waals surface area contributed by atoms with Gasteiger partial charge in [0, 0.05) is 25.7 Å². The van der Waals surface area contributed by atoms with Crippen LogP contribution in [0.4, 0.5) is 0 Å². The Balaban J connectivity index is 1.98. The molecule has 2 atom stereocenters. The lowest BCUT2D eigenvalue weighted by atomic mass is 9.95. The van der Waals surface area contributed by atoms with Crippen molar-refractivity contribution in [1.29, 1.82) is 0 Å². The van der Waals surface area contributed by atoms with Gasteiger partial charge in [-0.15, -0.1) is 0 Å². The van der Waals surface area contributed by atoms with E-state index in [0.29, 0.717) is 18.1 Å². The van der Waals surface area contributed by atoms with Crippen LogP contribution in [0.1, 0.15) is 26.3 Å². The van der Waals surface area contributed by atoms with Crippen LogP contribution < -0.4 is 9.47 Å². The number of carbonyl (C=O) groups excluding carboxylic acids is 2. The normalized spacial score (nSPS) is 17.8. The number of esters is 2. The van der Waals surface area contributed by atoms with Crippen LogP contribution in [0, 0.1) is 0 Å². The molecule has 0 saturated carbocycles. The van der Waals surface area contributed by atoms with Crippen LogP contribution in [-0.2, 0) is 25.5 Å². The predicted molar refractivity (Wildman–Crippen MR) is 93.2 cm³/mol. The van der Waals surface area contributed by atoms with E-state index in [4.69, 9.17) is 18.9 Å². The molecule has 0 N–H and O–H groups in total. The minimum absolute atomic E-state index is 0.109. The van der Waals surface area contributed by atoms with Gasteiger partial charge in [0.15, 0.2) is 5.60 Å². The third kappa shape index (κ3) is 3.29. The highest BCUT2D eigenvalue weighted by Gasteiger charge is 2.46. The summed E-state index contributed by atoms with van der Waals surface area (Å²) < 4.78 is 22.2. The molecule has 26 heavy (non-hydrogen) atoms. The number of aromatic nitrogens is 1. The first kappa shape index (κ1) is 18.0. The molecular formula is C19H21NO6. The minimum atomic E-state index is -1.14. The van der Waals surface area contributed by atoms with Crippen LogP contribution in [0.25, 0.3) is 10.9 Å². The van der Waals surface area contributed by atoms with E-state index in [0.717, 1.165) is 16.5 Å². The number of pyridine rings is 1. The van der Waals surface area contributed by atoms with Gasteiger partial charge in [0.25, 0.3) is 0 Å². The average Bonchev–Trinajstić information content (AvgIpc) is 3.01. The lowest BCUT2D eigenvalue weighted by Gasteiger charge is -2.33. The molecule has 1 aliphatic heterocycles. The van der Waals surface area contributed by atoms with Crippen molar-refractivity contribution in [3.63, 3.8) is 0 Å². The highest BCUT2D eigenvalue weighted by atomic mass is 16.6. The van der Waals surface area contributed by atoms with Gasteiger partial charge in [0.1, 0.15) is 18.5 Å². The summed E-state index contributed by atoms with van der Waals surface area (Å²) in [7, 11) is 1.60. The number of hydrogen-bond acceptors (Lipinski definition) is 7. The standard InChI is InChI=1S/C19H21NO6/c1-11(21)24-10-19(3,26-12(2)22)16-9-14-17(23-4)13-7-5-6-8-15(13)20-18(14)25-16/h5-8,16H,9-10H2,1-4H3/t16-,19+/m0/s1. The first-order valence-electron chi connectivity index (χ1n) is 8.29. The Morgan fingerprint density at radius 3 is 2.65 bits per heavy atom. The Morgan fingerprint density at radius 1 is 1.27 bits per heavy atom. The number of nitrogens with zero attached hydrogens (tertiary/aromatic N) is 1. The molecule has 0 spiro atoms. The van der Waals surface area contributed by atoms with Gasteiger partial charge in [-0.1, -0.05) is 12.1 Å².